The van der Waals surface area contributed by atoms with E-state index in [2.05, 4.69) is 40.8 Å². The Morgan fingerprint density at radius 2 is 1.94 bits per heavy atom. The molecule has 0 bridgehead atoms. The van der Waals surface area contributed by atoms with Gasteiger partial charge in [-0.15, -0.1) is 0 Å². The Labute approximate surface area is 103 Å². The van der Waals surface area contributed by atoms with Gasteiger partial charge in [-0.3, -0.25) is 0 Å². The van der Waals surface area contributed by atoms with Crippen molar-refractivity contribution in [3.63, 3.8) is 0 Å². The van der Waals surface area contributed by atoms with E-state index < -0.39 is 8.32 Å². The first kappa shape index (κ1) is 14.3. The van der Waals surface area contributed by atoms with E-state index in [1.807, 2.05) is 0 Å². The molecule has 0 aromatic heterocycles. The summed E-state index contributed by atoms with van der Waals surface area (Å²) < 4.78 is 12.0. The van der Waals surface area contributed by atoms with E-state index in [0.29, 0.717) is 0 Å². The van der Waals surface area contributed by atoms with Crippen LogP contribution in [0.3, 0.4) is 0 Å². The van der Waals surface area contributed by atoms with Gasteiger partial charge in [-0.2, -0.15) is 0 Å². The Hall–Kier alpha value is 0.202. The molecule has 0 unspecified atom stereocenters. The first-order chi connectivity index (χ1) is 7.17. The Morgan fingerprint density at radius 3 is 2.38 bits per heavy atom. The van der Waals surface area contributed by atoms with Crippen molar-refractivity contribution in [2.45, 2.75) is 76.9 Å². The molecule has 1 heterocycles. The Morgan fingerprint density at radius 1 is 1.38 bits per heavy atom. The minimum atomic E-state index is -1.69. The van der Waals surface area contributed by atoms with E-state index in [9.17, 15) is 0 Å². The molecule has 0 aromatic carbocycles. The third kappa shape index (κ3) is 3.11. The van der Waals surface area contributed by atoms with Crippen LogP contribution in [0.1, 0.15) is 40.5 Å². The molecular weight excluding hydrogens is 215 g/mol. The molecule has 1 fully saturated rings. The van der Waals surface area contributed by atoms with E-state index in [1.165, 1.54) is 0 Å². The maximum absolute atomic E-state index is 6.37. The summed E-state index contributed by atoms with van der Waals surface area (Å²) in [6.45, 7) is 13.5. The SMILES string of the molecule is [B][C@H]1C[C@@H](O[Si](C)(C)C(C)(C)C)[C@@H](CC)O1. The summed E-state index contributed by atoms with van der Waals surface area (Å²) in [7, 11) is 4.14. The fourth-order valence-electron chi connectivity index (χ4n) is 1.79. The van der Waals surface area contributed by atoms with Crippen molar-refractivity contribution in [1.29, 1.82) is 0 Å². The van der Waals surface area contributed by atoms with Crippen molar-refractivity contribution in [2.75, 3.05) is 0 Å². The van der Waals surface area contributed by atoms with E-state index in [-0.39, 0.29) is 23.2 Å². The first-order valence-corrected chi connectivity index (χ1v) is 9.17. The molecule has 0 amide bonds. The van der Waals surface area contributed by atoms with Gasteiger partial charge in [-0.25, -0.2) is 0 Å². The van der Waals surface area contributed by atoms with Gasteiger partial charge in [0.15, 0.2) is 8.32 Å². The zero-order chi connectivity index (χ0) is 12.6. The molecule has 0 N–H and O–H groups in total. The molecule has 2 nitrogen and oxygen atoms in total. The van der Waals surface area contributed by atoms with Crippen LogP contribution in [0.25, 0.3) is 0 Å². The van der Waals surface area contributed by atoms with Gasteiger partial charge in [-0.05, 0) is 31.0 Å². The lowest BCUT2D eigenvalue weighted by Gasteiger charge is -2.39. The van der Waals surface area contributed by atoms with Gasteiger partial charge in [0.1, 0.15) is 7.85 Å². The van der Waals surface area contributed by atoms with Crippen molar-refractivity contribution >= 4 is 16.2 Å². The zero-order valence-corrected chi connectivity index (χ0v) is 12.5. The number of rotatable bonds is 3. The lowest BCUT2D eigenvalue weighted by Crippen LogP contribution is -2.45. The third-order valence-corrected chi connectivity index (χ3v) is 8.39. The van der Waals surface area contributed by atoms with Crippen molar-refractivity contribution in [3.05, 3.63) is 0 Å². The quantitative estimate of drug-likeness (QED) is 0.706. The van der Waals surface area contributed by atoms with Gasteiger partial charge in [-0.1, -0.05) is 27.7 Å². The highest BCUT2D eigenvalue weighted by atomic mass is 28.4. The summed E-state index contributed by atoms with van der Waals surface area (Å²) >= 11 is 0. The van der Waals surface area contributed by atoms with Crippen LogP contribution in [0, 0.1) is 0 Å². The molecule has 4 heteroatoms. The molecule has 92 valence electrons. The zero-order valence-electron chi connectivity index (χ0n) is 11.5. The standard InChI is InChI=1S/C12H25BO2Si/c1-7-9-10(8-11(13)14-9)15-16(5,6)12(2,3)4/h9-11H,7-8H2,1-6H3/t9-,10-,11-/m1/s1. The Bertz CT molecular complexity index is 238. The predicted molar refractivity (Wildman–Crippen MR) is 71.4 cm³/mol. The fraction of sp³-hybridized carbons (Fsp3) is 1.00. The van der Waals surface area contributed by atoms with Crippen LogP contribution in [0.4, 0.5) is 0 Å². The summed E-state index contributed by atoms with van der Waals surface area (Å²) in [4.78, 5) is 0. The lowest BCUT2D eigenvalue weighted by molar-refractivity contribution is 0.0350. The third-order valence-electron chi connectivity index (χ3n) is 3.88. The summed E-state index contributed by atoms with van der Waals surface area (Å²) in [5.41, 5.74) is 0. The topological polar surface area (TPSA) is 18.5 Å². The molecule has 0 spiro atoms. The van der Waals surface area contributed by atoms with Crippen LogP contribution in [0.15, 0.2) is 0 Å². The maximum atomic E-state index is 6.37. The van der Waals surface area contributed by atoms with E-state index in [0.717, 1.165) is 12.8 Å². The van der Waals surface area contributed by atoms with E-state index in [1.54, 1.807) is 0 Å². The second-order valence-corrected chi connectivity index (χ2v) is 11.0. The normalized spacial score (nSPS) is 32.0. The van der Waals surface area contributed by atoms with Gasteiger partial charge in [0.2, 0.25) is 0 Å². The minimum absolute atomic E-state index is 0.139. The predicted octanol–water partition coefficient (Wildman–Crippen LogP) is 3.07. The second kappa shape index (κ2) is 4.83. The van der Waals surface area contributed by atoms with E-state index >= 15 is 0 Å². The molecule has 3 atom stereocenters. The highest BCUT2D eigenvalue weighted by Gasteiger charge is 2.43. The molecule has 0 aliphatic carbocycles. The van der Waals surface area contributed by atoms with Gasteiger partial charge < -0.3 is 9.16 Å². The number of hydrogen-bond donors (Lipinski definition) is 0. The van der Waals surface area contributed by atoms with Crippen molar-refractivity contribution < 1.29 is 9.16 Å². The second-order valence-electron chi connectivity index (χ2n) is 6.27. The lowest BCUT2D eigenvalue weighted by atomic mass is 9.96. The molecule has 0 aromatic rings. The van der Waals surface area contributed by atoms with Crippen LogP contribution >= 0.6 is 0 Å². The van der Waals surface area contributed by atoms with Crippen LogP contribution in [0.5, 0.6) is 0 Å². The molecule has 1 aliphatic heterocycles. The summed E-state index contributed by atoms with van der Waals surface area (Å²) in [5, 5.41) is 0.248. The minimum Gasteiger partial charge on any atom is -0.411 e. The Balaban J connectivity index is 2.66. The maximum Gasteiger partial charge on any atom is 0.192 e. The van der Waals surface area contributed by atoms with Crippen LogP contribution in [-0.4, -0.2) is 34.4 Å². The molecule has 16 heavy (non-hydrogen) atoms. The van der Waals surface area contributed by atoms with Gasteiger partial charge in [0.25, 0.3) is 0 Å². The van der Waals surface area contributed by atoms with Gasteiger partial charge in [0, 0.05) is 6.00 Å². The van der Waals surface area contributed by atoms with Gasteiger partial charge >= 0.3 is 0 Å². The number of hydrogen-bond acceptors (Lipinski definition) is 2. The smallest absolute Gasteiger partial charge is 0.192 e. The summed E-state index contributed by atoms with van der Waals surface area (Å²) in [5.74, 6) is 0. The Kier molecular flexibility index (Phi) is 4.30. The molecule has 1 aliphatic rings. The highest BCUT2D eigenvalue weighted by Crippen LogP contribution is 2.39. The molecule has 2 radical (unpaired) electrons. The molecule has 1 rings (SSSR count). The van der Waals surface area contributed by atoms with Crippen LogP contribution in [-0.2, 0) is 9.16 Å². The average molecular weight is 240 g/mol. The highest BCUT2D eigenvalue weighted by molar-refractivity contribution is 6.74. The van der Waals surface area contributed by atoms with Gasteiger partial charge in [0.05, 0.1) is 12.2 Å². The van der Waals surface area contributed by atoms with Crippen LogP contribution < -0.4 is 0 Å². The first-order valence-electron chi connectivity index (χ1n) is 6.26. The summed E-state index contributed by atoms with van der Waals surface area (Å²) in [6, 6.07) is -0.139. The average Bonchev–Trinajstić information content (AvgIpc) is 2.43. The molecule has 1 saturated heterocycles. The fourth-order valence-corrected chi connectivity index (χ4v) is 3.15. The van der Waals surface area contributed by atoms with Crippen molar-refractivity contribution in [3.8, 4) is 0 Å². The van der Waals surface area contributed by atoms with Crippen molar-refractivity contribution in [2.24, 2.45) is 0 Å². The number of ether oxygens (including phenoxy) is 1. The molecule has 0 saturated carbocycles. The van der Waals surface area contributed by atoms with Crippen molar-refractivity contribution in [1.82, 2.24) is 0 Å². The monoisotopic (exact) mass is 240 g/mol. The summed E-state index contributed by atoms with van der Waals surface area (Å²) in [6.07, 6.45) is 2.20. The van der Waals surface area contributed by atoms with E-state index in [4.69, 9.17) is 17.0 Å². The van der Waals surface area contributed by atoms with Crippen LogP contribution in [0.2, 0.25) is 18.1 Å². The largest absolute Gasteiger partial charge is 0.411 e. The molecular formula is C12H25BO2Si.